The van der Waals surface area contributed by atoms with Crippen molar-refractivity contribution < 1.29 is 0 Å². The number of fused-ring (bicyclic) bond motifs is 1. The lowest BCUT2D eigenvalue weighted by Crippen LogP contribution is -2.23. The number of nitrogens with zero attached hydrogens (tertiary/aromatic N) is 1. The largest absolute Gasteiger partial charge is 0.367 e. The molecule has 2 unspecified atom stereocenters. The van der Waals surface area contributed by atoms with Crippen molar-refractivity contribution in [2.75, 3.05) is 5.32 Å². The number of pyridine rings is 1. The molecule has 2 aromatic heterocycles. The number of hydrogen-bond donors (Lipinski definition) is 1. The lowest BCUT2D eigenvalue weighted by Gasteiger charge is -2.20. The summed E-state index contributed by atoms with van der Waals surface area (Å²) in [6.07, 6.45) is 3.07. The highest BCUT2D eigenvalue weighted by molar-refractivity contribution is 7.17. The van der Waals surface area contributed by atoms with Crippen LogP contribution in [-0.2, 0) is 0 Å². The van der Waals surface area contributed by atoms with Crippen LogP contribution in [0.4, 0.5) is 5.82 Å². The Balaban J connectivity index is 2.23. The highest BCUT2D eigenvalue weighted by Gasteiger charge is 2.12. The van der Waals surface area contributed by atoms with Crippen molar-refractivity contribution in [3.63, 3.8) is 0 Å². The van der Waals surface area contributed by atoms with Gasteiger partial charge in [-0.05, 0) is 30.4 Å². The zero-order valence-corrected chi connectivity index (χ0v) is 10.8. The van der Waals surface area contributed by atoms with E-state index in [1.807, 2.05) is 6.20 Å². The number of thiophene rings is 1. The second-order valence-corrected chi connectivity index (χ2v) is 5.26. The van der Waals surface area contributed by atoms with Crippen LogP contribution in [-0.4, -0.2) is 11.0 Å². The molecule has 86 valence electrons. The Bertz CT molecular complexity index is 464. The first-order valence-corrected chi connectivity index (χ1v) is 6.69. The van der Waals surface area contributed by atoms with E-state index in [0.29, 0.717) is 12.0 Å². The summed E-state index contributed by atoms with van der Waals surface area (Å²) in [5, 5.41) is 6.87. The molecule has 0 aliphatic carbocycles. The zero-order valence-electron chi connectivity index (χ0n) is 10.0. The van der Waals surface area contributed by atoms with E-state index in [1.54, 1.807) is 11.3 Å². The summed E-state index contributed by atoms with van der Waals surface area (Å²) >= 11 is 1.76. The summed E-state index contributed by atoms with van der Waals surface area (Å²) in [5.74, 6) is 1.68. The first-order valence-electron chi connectivity index (χ1n) is 5.81. The Hall–Kier alpha value is -1.09. The number of hydrogen-bond acceptors (Lipinski definition) is 3. The van der Waals surface area contributed by atoms with Crippen molar-refractivity contribution in [2.45, 2.75) is 33.2 Å². The fraction of sp³-hybridized carbons (Fsp3) is 0.462. The van der Waals surface area contributed by atoms with Crippen LogP contribution in [0.3, 0.4) is 0 Å². The Morgan fingerprint density at radius 3 is 2.94 bits per heavy atom. The van der Waals surface area contributed by atoms with Crippen molar-refractivity contribution in [2.24, 2.45) is 5.92 Å². The van der Waals surface area contributed by atoms with Crippen LogP contribution in [0.5, 0.6) is 0 Å². The molecule has 0 aliphatic rings. The first-order chi connectivity index (χ1) is 7.72. The maximum absolute atomic E-state index is 4.43. The van der Waals surface area contributed by atoms with Gasteiger partial charge in [-0.1, -0.05) is 20.3 Å². The summed E-state index contributed by atoms with van der Waals surface area (Å²) in [6, 6.07) is 4.67. The van der Waals surface area contributed by atoms with Crippen LogP contribution >= 0.6 is 11.3 Å². The van der Waals surface area contributed by atoms with Crippen LogP contribution in [0.1, 0.15) is 27.2 Å². The summed E-state index contributed by atoms with van der Waals surface area (Å²) in [5.41, 5.74) is 0. The molecule has 0 radical (unpaired) electrons. The third-order valence-electron chi connectivity index (χ3n) is 3.24. The minimum atomic E-state index is 0.461. The van der Waals surface area contributed by atoms with Crippen LogP contribution in [0.2, 0.25) is 0 Å². The Morgan fingerprint density at radius 2 is 2.19 bits per heavy atom. The maximum Gasteiger partial charge on any atom is 0.134 e. The van der Waals surface area contributed by atoms with Crippen molar-refractivity contribution in [1.29, 1.82) is 0 Å². The van der Waals surface area contributed by atoms with Gasteiger partial charge in [0.25, 0.3) is 0 Å². The molecular formula is C13H18N2S. The molecule has 16 heavy (non-hydrogen) atoms. The van der Waals surface area contributed by atoms with Crippen molar-refractivity contribution >= 4 is 27.2 Å². The molecule has 2 rings (SSSR count). The monoisotopic (exact) mass is 234 g/mol. The summed E-state index contributed by atoms with van der Waals surface area (Å²) in [4.78, 5) is 4.43. The lowest BCUT2D eigenvalue weighted by atomic mass is 10.0. The molecule has 2 atom stereocenters. The Kier molecular flexibility index (Phi) is 3.44. The lowest BCUT2D eigenvalue weighted by molar-refractivity contribution is 0.494. The number of rotatable bonds is 4. The van der Waals surface area contributed by atoms with E-state index < -0.39 is 0 Å². The molecule has 0 bridgehead atoms. The molecule has 0 saturated carbocycles. The van der Waals surface area contributed by atoms with Crippen LogP contribution in [0, 0.1) is 5.92 Å². The summed E-state index contributed by atoms with van der Waals surface area (Å²) in [7, 11) is 0. The summed E-state index contributed by atoms with van der Waals surface area (Å²) < 4.78 is 1.30. The molecule has 2 nitrogen and oxygen atoms in total. The third-order valence-corrected chi connectivity index (χ3v) is 4.12. The van der Waals surface area contributed by atoms with E-state index >= 15 is 0 Å². The zero-order chi connectivity index (χ0) is 11.5. The van der Waals surface area contributed by atoms with Gasteiger partial charge in [-0.15, -0.1) is 11.3 Å². The molecule has 0 aliphatic heterocycles. The molecule has 0 aromatic carbocycles. The molecule has 2 aromatic rings. The molecule has 1 N–H and O–H groups in total. The average Bonchev–Trinajstić information content (AvgIpc) is 2.77. The van der Waals surface area contributed by atoms with E-state index in [4.69, 9.17) is 0 Å². The van der Waals surface area contributed by atoms with Crippen molar-refractivity contribution in [3.8, 4) is 0 Å². The van der Waals surface area contributed by atoms with E-state index in [0.717, 1.165) is 5.82 Å². The quantitative estimate of drug-likeness (QED) is 0.860. The molecule has 2 heterocycles. The van der Waals surface area contributed by atoms with Gasteiger partial charge in [-0.2, -0.15) is 0 Å². The number of aromatic nitrogens is 1. The normalized spacial score (nSPS) is 14.9. The minimum Gasteiger partial charge on any atom is -0.367 e. The third kappa shape index (κ3) is 2.19. The van der Waals surface area contributed by atoms with Crippen LogP contribution in [0.15, 0.2) is 23.7 Å². The molecule has 0 saturated heterocycles. The standard InChI is InChI=1S/C13H18N2S/c1-4-9(2)10(3)15-13-11-6-8-16-12(11)5-7-14-13/h5-10H,4H2,1-3H3,(H,14,15). The smallest absolute Gasteiger partial charge is 0.134 e. The predicted molar refractivity (Wildman–Crippen MR) is 72.2 cm³/mol. The second kappa shape index (κ2) is 4.83. The Labute approximate surface area is 101 Å². The Morgan fingerprint density at radius 1 is 1.38 bits per heavy atom. The van der Waals surface area contributed by atoms with Gasteiger partial charge in [-0.3, -0.25) is 0 Å². The molecule has 0 amide bonds. The maximum atomic E-state index is 4.43. The SMILES string of the molecule is CCC(C)C(C)Nc1nccc2sccc12. The average molecular weight is 234 g/mol. The predicted octanol–water partition coefficient (Wildman–Crippen LogP) is 4.14. The number of anilines is 1. The highest BCUT2D eigenvalue weighted by Crippen LogP contribution is 2.27. The van der Waals surface area contributed by atoms with Gasteiger partial charge >= 0.3 is 0 Å². The van der Waals surface area contributed by atoms with Crippen LogP contribution < -0.4 is 5.32 Å². The van der Waals surface area contributed by atoms with E-state index in [-0.39, 0.29) is 0 Å². The van der Waals surface area contributed by atoms with Gasteiger partial charge in [0.05, 0.1) is 0 Å². The van der Waals surface area contributed by atoms with E-state index in [9.17, 15) is 0 Å². The molecule has 0 fully saturated rings. The fourth-order valence-electron chi connectivity index (χ4n) is 1.72. The van der Waals surface area contributed by atoms with Crippen molar-refractivity contribution in [1.82, 2.24) is 4.98 Å². The van der Waals surface area contributed by atoms with Crippen LogP contribution in [0.25, 0.3) is 10.1 Å². The van der Waals surface area contributed by atoms with E-state index in [2.05, 4.69) is 48.6 Å². The second-order valence-electron chi connectivity index (χ2n) is 4.31. The van der Waals surface area contributed by atoms with Gasteiger partial charge in [-0.25, -0.2) is 4.98 Å². The van der Waals surface area contributed by atoms with Gasteiger partial charge in [0, 0.05) is 22.3 Å². The van der Waals surface area contributed by atoms with Gasteiger partial charge < -0.3 is 5.32 Å². The first kappa shape index (κ1) is 11.4. The van der Waals surface area contributed by atoms with Crippen molar-refractivity contribution in [3.05, 3.63) is 23.7 Å². The molecule has 0 spiro atoms. The van der Waals surface area contributed by atoms with E-state index in [1.165, 1.54) is 16.5 Å². The fourth-order valence-corrected chi connectivity index (χ4v) is 2.50. The molecular weight excluding hydrogens is 216 g/mol. The minimum absolute atomic E-state index is 0.461. The van der Waals surface area contributed by atoms with Gasteiger partial charge in [0.15, 0.2) is 0 Å². The summed E-state index contributed by atoms with van der Waals surface area (Å²) in [6.45, 7) is 6.72. The van der Waals surface area contributed by atoms with Gasteiger partial charge in [0.1, 0.15) is 5.82 Å². The molecule has 3 heteroatoms. The number of nitrogens with one attached hydrogen (secondary N) is 1. The highest BCUT2D eigenvalue weighted by atomic mass is 32.1. The van der Waals surface area contributed by atoms with Gasteiger partial charge in [0.2, 0.25) is 0 Å². The topological polar surface area (TPSA) is 24.9 Å².